The number of aliphatic carboxylic acids is 1. The fourth-order valence-electron chi connectivity index (χ4n) is 1.95. The number of rotatable bonds is 2. The summed E-state index contributed by atoms with van der Waals surface area (Å²) in [4.78, 5) is 23.8. The lowest BCUT2D eigenvalue weighted by Crippen LogP contribution is -2.41. The summed E-state index contributed by atoms with van der Waals surface area (Å²) < 4.78 is 0. The normalized spacial score (nSPS) is 29.1. The third kappa shape index (κ3) is 1.41. The summed E-state index contributed by atoms with van der Waals surface area (Å²) in [6.07, 6.45) is 3.48. The van der Waals surface area contributed by atoms with E-state index in [1.165, 1.54) is 6.42 Å². The van der Waals surface area contributed by atoms with E-state index in [-0.39, 0.29) is 12.3 Å². The highest BCUT2D eigenvalue weighted by Gasteiger charge is 2.39. The van der Waals surface area contributed by atoms with Crippen LogP contribution >= 0.6 is 0 Å². The zero-order chi connectivity index (χ0) is 9.42. The SMILES string of the molecule is O=C(O)C1CC(=O)N(C2CCC2)C1. The van der Waals surface area contributed by atoms with Crippen molar-refractivity contribution in [3.63, 3.8) is 0 Å². The lowest BCUT2D eigenvalue weighted by atomic mass is 9.92. The molecule has 0 spiro atoms. The van der Waals surface area contributed by atoms with Gasteiger partial charge in [0.15, 0.2) is 0 Å². The highest BCUT2D eigenvalue weighted by atomic mass is 16.4. The second-order valence-electron chi connectivity index (χ2n) is 3.87. The third-order valence-corrected chi connectivity index (χ3v) is 3.02. The molecule has 1 amide bonds. The maximum absolute atomic E-state index is 11.4. The number of carbonyl (C=O) groups is 2. The van der Waals surface area contributed by atoms with Gasteiger partial charge in [-0.15, -0.1) is 0 Å². The fraction of sp³-hybridized carbons (Fsp3) is 0.778. The number of carbonyl (C=O) groups excluding carboxylic acids is 1. The molecule has 1 aliphatic heterocycles. The standard InChI is InChI=1S/C9H13NO3/c11-8-4-6(9(12)13)5-10(8)7-2-1-3-7/h6-7H,1-5H2,(H,12,13). The minimum Gasteiger partial charge on any atom is -0.481 e. The molecule has 13 heavy (non-hydrogen) atoms. The molecule has 0 bridgehead atoms. The summed E-state index contributed by atoms with van der Waals surface area (Å²) in [6.45, 7) is 0.429. The summed E-state index contributed by atoms with van der Waals surface area (Å²) in [7, 11) is 0. The maximum Gasteiger partial charge on any atom is 0.308 e. The second kappa shape index (κ2) is 3.01. The van der Waals surface area contributed by atoms with E-state index in [4.69, 9.17) is 5.11 Å². The Kier molecular flexibility index (Phi) is 1.98. The van der Waals surface area contributed by atoms with Gasteiger partial charge in [-0.2, -0.15) is 0 Å². The number of nitrogens with zero attached hydrogens (tertiary/aromatic N) is 1. The molecule has 0 radical (unpaired) electrons. The molecule has 1 aliphatic carbocycles. The van der Waals surface area contributed by atoms with Gasteiger partial charge in [0.2, 0.25) is 5.91 Å². The molecule has 1 N–H and O–H groups in total. The number of likely N-dealkylation sites (tertiary alicyclic amines) is 1. The van der Waals surface area contributed by atoms with E-state index in [0.29, 0.717) is 12.6 Å². The largest absolute Gasteiger partial charge is 0.481 e. The molecule has 2 rings (SSSR count). The van der Waals surface area contributed by atoms with Crippen molar-refractivity contribution in [1.82, 2.24) is 4.90 Å². The maximum atomic E-state index is 11.4. The van der Waals surface area contributed by atoms with Crippen LogP contribution < -0.4 is 0 Å². The zero-order valence-electron chi connectivity index (χ0n) is 7.40. The molecule has 1 saturated heterocycles. The van der Waals surface area contributed by atoms with Crippen LogP contribution in [0.2, 0.25) is 0 Å². The molecule has 0 aromatic heterocycles. The van der Waals surface area contributed by atoms with Gasteiger partial charge in [0.1, 0.15) is 0 Å². The van der Waals surface area contributed by atoms with Crippen molar-refractivity contribution in [3.05, 3.63) is 0 Å². The summed E-state index contributed by atoms with van der Waals surface area (Å²) >= 11 is 0. The molecular formula is C9H13NO3. The Bertz CT molecular complexity index is 247. The summed E-state index contributed by atoms with van der Waals surface area (Å²) in [5.41, 5.74) is 0. The summed E-state index contributed by atoms with van der Waals surface area (Å²) in [6, 6.07) is 0.344. The van der Waals surface area contributed by atoms with Crippen molar-refractivity contribution >= 4 is 11.9 Å². The lowest BCUT2D eigenvalue weighted by Gasteiger charge is -2.34. The highest BCUT2D eigenvalue weighted by molar-refractivity contribution is 5.86. The van der Waals surface area contributed by atoms with Gasteiger partial charge in [0, 0.05) is 19.0 Å². The Balaban J connectivity index is 1.98. The number of carboxylic acids is 1. The number of hydrogen-bond donors (Lipinski definition) is 1. The summed E-state index contributed by atoms with van der Waals surface area (Å²) in [5.74, 6) is -1.28. The molecule has 1 atom stereocenters. The molecule has 1 unspecified atom stereocenters. The predicted molar refractivity (Wildman–Crippen MR) is 45.1 cm³/mol. The Morgan fingerprint density at radius 2 is 2.15 bits per heavy atom. The van der Waals surface area contributed by atoms with E-state index in [9.17, 15) is 9.59 Å². The van der Waals surface area contributed by atoms with Crippen LogP contribution in [0, 0.1) is 5.92 Å². The van der Waals surface area contributed by atoms with E-state index in [0.717, 1.165) is 12.8 Å². The van der Waals surface area contributed by atoms with Crippen LogP contribution in [0.3, 0.4) is 0 Å². The van der Waals surface area contributed by atoms with Gasteiger partial charge in [0.25, 0.3) is 0 Å². The fourth-order valence-corrected chi connectivity index (χ4v) is 1.95. The average Bonchev–Trinajstić information content (AvgIpc) is 2.29. The topological polar surface area (TPSA) is 57.6 Å². The molecule has 0 aromatic carbocycles. The Morgan fingerprint density at radius 1 is 1.46 bits per heavy atom. The number of carboxylic acid groups (broad SMARTS) is 1. The van der Waals surface area contributed by atoms with Crippen molar-refractivity contribution in [2.24, 2.45) is 5.92 Å². The Labute approximate surface area is 76.5 Å². The molecule has 4 heteroatoms. The minimum absolute atomic E-state index is 0.0251. The van der Waals surface area contributed by atoms with Crippen molar-refractivity contribution in [1.29, 1.82) is 0 Å². The van der Waals surface area contributed by atoms with Gasteiger partial charge in [-0.05, 0) is 19.3 Å². The van der Waals surface area contributed by atoms with Crippen LogP contribution in [-0.4, -0.2) is 34.5 Å². The first-order chi connectivity index (χ1) is 6.18. The van der Waals surface area contributed by atoms with Gasteiger partial charge in [0.05, 0.1) is 5.92 Å². The first-order valence-electron chi connectivity index (χ1n) is 4.71. The minimum atomic E-state index is -0.838. The van der Waals surface area contributed by atoms with Crippen molar-refractivity contribution in [2.75, 3.05) is 6.54 Å². The smallest absolute Gasteiger partial charge is 0.308 e. The molecule has 72 valence electrons. The van der Waals surface area contributed by atoms with Crippen LogP contribution in [0.5, 0.6) is 0 Å². The second-order valence-corrected chi connectivity index (χ2v) is 3.87. The first-order valence-corrected chi connectivity index (χ1v) is 4.71. The molecule has 1 heterocycles. The van der Waals surface area contributed by atoms with Crippen LogP contribution in [-0.2, 0) is 9.59 Å². The molecule has 1 saturated carbocycles. The molecule has 4 nitrogen and oxygen atoms in total. The van der Waals surface area contributed by atoms with E-state index in [2.05, 4.69) is 0 Å². The van der Waals surface area contributed by atoms with Gasteiger partial charge in [-0.25, -0.2) is 0 Å². The number of hydrogen-bond acceptors (Lipinski definition) is 2. The van der Waals surface area contributed by atoms with Crippen LogP contribution in [0.25, 0.3) is 0 Å². The first kappa shape index (κ1) is 8.53. The summed E-state index contributed by atoms with van der Waals surface area (Å²) in [5, 5.41) is 8.74. The molecule has 2 fully saturated rings. The van der Waals surface area contributed by atoms with Gasteiger partial charge in [-0.1, -0.05) is 0 Å². The third-order valence-electron chi connectivity index (χ3n) is 3.02. The highest BCUT2D eigenvalue weighted by Crippen LogP contribution is 2.30. The molecule has 2 aliphatic rings. The Morgan fingerprint density at radius 3 is 2.54 bits per heavy atom. The van der Waals surface area contributed by atoms with Crippen molar-refractivity contribution < 1.29 is 14.7 Å². The Hall–Kier alpha value is -1.06. The van der Waals surface area contributed by atoms with E-state index in [1.807, 2.05) is 0 Å². The van der Waals surface area contributed by atoms with Crippen LogP contribution in [0.4, 0.5) is 0 Å². The monoisotopic (exact) mass is 183 g/mol. The van der Waals surface area contributed by atoms with Gasteiger partial charge < -0.3 is 10.0 Å². The molecule has 0 aromatic rings. The van der Waals surface area contributed by atoms with E-state index >= 15 is 0 Å². The van der Waals surface area contributed by atoms with E-state index < -0.39 is 11.9 Å². The van der Waals surface area contributed by atoms with Crippen LogP contribution in [0.15, 0.2) is 0 Å². The van der Waals surface area contributed by atoms with Gasteiger partial charge in [-0.3, -0.25) is 9.59 Å². The molecular weight excluding hydrogens is 170 g/mol. The van der Waals surface area contributed by atoms with Crippen molar-refractivity contribution in [2.45, 2.75) is 31.7 Å². The van der Waals surface area contributed by atoms with Gasteiger partial charge >= 0.3 is 5.97 Å². The van der Waals surface area contributed by atoms with Crippen molar-refractivity contribution in [3.8, 4) is 0 Å². The zero-order valence-corrected chi connectivity index (χ0v) is 7.40. The van der Waals surface area contributed by atoms with E-state index in [1.54, 1.807) is 4.90 Å². The lowest BCUT2D eigenvalue weighted by molar-refractivity contribution is -0.141. The predicted octanol–water partition coefficient (Wildman–Crippen LogP) is 0.472. The van der Waals surface area contributed by atoms with Crippen LogP contribution in [0.1, 0.15) is 25.7 Å². The average molecular weight is 183 g/mol. The number of amides is 1. The quantitative estimate of drug-likeness (QED) is 0.677.